The maximum atomic E-state index is 13.3. The van der Waals surface area contributed by atoms with Gasteiger partial charge in [-0.3, -0.25) is 14.1 Å². The predicted molar refractivity (Wildman–Crippen MR) is 161 cm³/mol. The standard InChI is InChI=1S/C26H26ClN9O9S.Na/c1-43-17-5-2-15(3-6-17)34-35-22-19(46(40,41)42)13-14-12-16(4-7-18(14)23(22)39)30-25-31-24(27)32-26(33-25)36(10-8-20(37)44-28)11-9-21(38)45-29;/h2-7,12-13,39H,8-11,28-29H2,1H3,(H,40,41,42)(H,30,31,32,33);/q;+1/p-1. The molecule has 0 radical (unpaired) electrons. The molecule has 0 fully saturated rings. The van der Waals surface area contributed by atoms with Gasteiger partial charge in [0.25, 0.3) is 10.1 Å². The number of nitrogens with one attached hydrogen (secondary N) is 1. The number of rotatable bonds is 13. The number of aromatic nitrogens is 3. The third-order valence-corrected chi connectivity index (χ3v) is 7.25. The van der Waals surface area contributed by atoms with E-state index in [4.69, 9.17) is 28.1 Å². The van der Waals surface area contributed by atoms with E-state index in [9.17, 15) is 27.7 Å². The number of nitrogens with two attached hydrogens (primary N) is 2. The minimum absolute atomic E-state index is 0. The number of carbonyl (C=O) groups excluding carboxylic acids is 2. The van der Waals surface area contributed by atoms with Crippen LogP contribution in [-0.2, 0) is 29.4 Å². The number of halogens is 1. The summed E-state index contributed by atoms with van der Waals surface area (Å²) in [6.45, 7) is -0.0705. The SMILES string of the molecule is COc1ccc(N=Nc2c(S(=O)(=O)O)cc3cc(Nc4nc(Cl)nc(N(CCC(=O)ON)CCC(=O)ON)n4)ccc3c2[O-])cc1.[Na+]. The first kappa shape index (κ1) is 37.2. The third kappa shape index (κ3) is 9.89. The molecule has 0 aliphatic rings. The maximum absolute atomic E-state index is 13.3. The van der Waals surface area contributed by atoms with Crippen LogP contribution in [0.15, 0.2) is 63.7 Å². The first-order valence-electron chi connectivity index (χ1n) is 13.0. The van der Waals surface area contributed by atoms with Gasteiger partial charge in [-0.05, 0) is 64.8 Å². The maximum Gasteiger partial charge on any atom is 1.00 e. The van der Waals surface area contributed by atoms with Gasteiger partial charge in [0.15, 0.2) is 0 Å². The van der Waals surface area contributed by atoms with Crippen LogP contribution in [0.3, 0.4) is 0 Å². The minimum Gasteiger partial charge on any atom is -0.871 e. The molecule has 18 nitrogen and oxygen atoms in total. The van der Waals surface area contributed by atoms with Crippen molar-refractivity contribution in [3.8, 4) is 11.5 Å². The fourth-order valence-electron chi connectivity index (χ4n) is 4.01. The molecule has 0 unspecified atom stereocenters. The zero-order valence-electron chi connectivity index (χ0n) is 24.8. The van der Waals surface area contributed by atoms with Crippen LogP contribution in [0.1, 0.15) is 12.8 Å². The normalized spacial score (nSPS) is 11.2. The van der Waals surface area contributed by atoms with Gasteiger partial charge in [-0.15, -0.1) is 5.11 Å². The number of hydrogen-bond acceptors (Lipinski definition) is 17. The van der Waals surface area contributed by atoms with E-state index in [1.807, 2.05) is 0 Å². The molecule has 0 saturated heterocycles. The first-order chi connectivity index (χ1) is 21.9. The van der Waals surface area contributed by atoms with E-state index in [2.05, 4.69) is 40.2 Å². The van der Waals surface area contributed by atoms with Crippen molar-refractivity contribution < 1.29 is 71.6 Å². The van der Waals surface area contributed by atoms with Crippen LogP contribution in [-0.4, -0.2) is 60.1 Å². The van der Waals surface area contributed by atoms with Crippen LogP contribution in [0.25, 0.3) is 10.8 Å². The molecule has 0 spiro atoms. The van der Waals surface area contributed by atoms with Crippen molar-refractivity contribution in [2.24, 2.45) is 22.0 Å². The number of ether oxygens (including phenoxy) is 1. The summed E-state index contributed by atoms with van der Waals surface area (Å²) in [7, 11) is -3.43. The Bertz CT molecular complexity index is 1880. The molecule has 1 aromatic heterocycles. The van der Waals surface area contributed by atoms with Crippen LogP contribution in [0.2, 0.25) is 5.28 Å². The second-order valence-electron chi connectivity index (χ2n) is 9.18. The van der Waals surface area contributed by atoms with Gasteiger partial charge in [0.1, 0.15) is 10.6 Å². The molecule has 0 amide bonds. The molecule has 0 saturated carbocycles. The number of benzene rings is 3. The molecule has 4 rings (SSSR count). The van der Waals surface area contributed by atoms with Gasteiger partial charge < -0.3 is 29.7 Å². The summed E-state index contributed by atoms with van der Waals surface area (Å²) < 4.78 is 39.5. The van der Waals surface area contributed by atoms with Gasteiger partial charge in [0.05, 0.1) is 31.3 Å². The molecule has 242 valence electrons. The second-order valence-corrected chi connectivity index (χ2v) is 10.9. The van der Waals surface area contributed by atoms with E-state index in [1.165, 1.54) is 30.2 Å². The molecule has 0 bridgehead atoms. The van der Waals surface area contributed by atoms with E-state index in [0.29, 0.717) is 11.4 Å². The van der Waals surface area contributed by atoms with E-state index in [1.54, 1.807) is 24.3 Å². The Kier molecular flexibility index (Phi) is 13.1. The van der Waals surface area contributed by atoms with Gasteiger partial charge in [0.2, 0.25) is 17.2 Å². The van der Waals surface area contributed by atoms with Gasteiger partial charge >= 0.3 is 41.5 Å². The summed E-state index contributed by atoms with van der Waals surface area (Å²) in [5.74, 6) is 7.93. The fourth-order valence-corrected chi connectivity index (χ4v) is 4.82. The molecular weight excluding hydrogens is 673 g/mol. The Morgan fingerprint density at radius 2 is 1.64 bits per heavy atom. The number of carbonyl (C=O) groups is 2. The summed E-state index contributed by atoms with van der Waals surface area (Å²) >= 11 is 6.12. The first-order valence-corrected chi connectivity index (χ1v) is 14.8. The van der Waals surface area contributed by atoms with Crippen molar-refractivity contribution in [1.29, 1.82) is 0 Å². The van der Waals surface area contributed by atoms with Crippen LogP contribution in [0, 0.1) is 0 Å². The molecule has 0 aliphatic carbocycles. The Morgan fingerprint density at radius 3 is 2.21 bits per heavy atom. The van der Waals surface area contributed by atoms with E-state index in [-0.39, 0.29) is 89.1 Å². The average molecular weight is 698 g/mol. The summed E-state index contributed by atoms with van der Waals surface area (Å²) in [5.41, 5.74) is -0.00905. The largest absolute Gasteiger partial charge is 1.00 e. The van der Waals surface area contributed by atoms with Crippen molar-refractivity contribution in [2.45, 2.75) is 17.7 Å². The van der Waals surface area contributed by atoms with Crippen LogP contribution < -0.4 is 61.4 Å². The Morgan fingerprint density at radius 1 is 1.00 bits per heavy atom. The van der Waals surface area contributed by atoms with Gasteiger partial charge in [-0.1, -0.05) is 11.8 Å². The molecule has 0 atom stereocenters. The number of nitrogens with zero attached hydrogens (tertiary/aromatic N) is 6. The third-order valence-electron chi connectivity index (χ3n) is 6.22. The number of fused-ring (bicyclic) bond motifs is 1. The zero-order chi connectivity index (χ0) is 33.4. The van der Waals surface area contributed by atoms with Gasteiger partial charge in [-0.2, -0.15) is 40.3 Å². The van der Waals surface area contributed by atoms with Gasteiger partial charge in [0, 0.05) is 18.8 Å². The molecule has 1 heterocycles. The monoisotopic (exact) mass is 697 g/mol. The Balaban J connectivity index is 0.00000600. The summed E-state index contributed by atoms with van der Waals surface area (Å²) in [4.78, 5) is 44.6. The summed E-state index contributed by atoms with van der Waals surface area (Å²) in [6.07, 6.45) is -0.389. The van der Waals surface area contributed by atoms with Crippen LogP contribution in [0.5, 0.6) is 11.5 Å². The smallest absolute Gasteiger partial charge is 0.871 e. The van der Waals surface area contributed by atoms with Crippen molar-refractivity contribution in [3.05, 3.63) is 53.8 Å². The summed E-state index contributed by atoms with van der Waals surface area (Å²) in [6, 6.07) is 11.6. The molecule has 47 heavy (non-hydrogen) atoms. The topological polar surface area (TPSA) is 270 Å². The predicted octanol–water partition coefficient (Wildman–Crippen LogP) is -0.409. The molecule has 21 heteroatoms. The average Bonchev–Trinajstić information content (AvgIpc) is 3.03. The molecule has 4 aromatic rings. The molecule has 3 aromatic carbocycles. The van der Waals surface area contributed by atoms with Crippen LogP contribution >= 0.6 is 11.6 Å². The summed E-state index contributed by atoms with van der Waals surface area (Å²) in [5, 5.41) is 23.9. The quantitative estimate of drug-likeness (QED) is 0.0598. The Hall–Kier alpha value is -4.21. The molecule has 6 N–H and O–H groups in total. The number of methoxy groups -OCH3 is 1. The van der Waals surface area contributed by atoms with Crippen molar-refractivity contribution in [3.63, 3.8) is 0 Å². The van der Waals surface area contributed by atoms with E-state index >= 15 is 0 Å². The fraction of sp³-hybridized carbons (Fsp3) is 0.192. The number of azo groups is 1. The molecular formula is C26H25ClN9NaO9S. The van der Waals surface area contributed by atoms with E-state index < -0.39 is 38.4 Å². The van der Waals surface area contributed by atoms with E-state index in [0.717, 1.165) is 6.07 Å². The Labute approximate surface area is 294 Å². The number of anilines is 3. The molecule has 0 aliphatic heterocycles. The second kappa shape index (κ2) is 16.6. The number of hydrogen-bond donors (Lipinski definition) is 4. The van der Waals surface area contributed by atoms with Crippen LogP contribution in [0.4, 0.5) is 29.0 Å². The van der Waals surface area contributed by atoms with Crippen molar-refractivity contribution in [1.82, 2.24) is 15.0 Å². The zero-order valence-corrected chi connectivity index (χ0v) is 28.4. The van der Waals surface area contributed by atoms with Crippen molar-refractivity contribution in [2.75, 3.05) is 30.4 Å². The van der Waals surface area contributed by atoms with Gasteiger partial charge in [-0.25, -0.2) is 0 Å². The minimum atomic E-state index is -4.91. The van der Waals surface area contributed by atoms with Crippen molar-refractivity contribution >= 4 is 73.4 Å².